The Morgan fingerprint density at radius 2 is 1.59 bits per heavy atom. The molecule has 0 rings (SSSR count). The highest BCUT2D eigenvalue weighted by molar-refractivity contribution is 7.80. The molecule has 0 aliphatic heterocycles. The average molecular weight is 407 g/mol. The molecule has 3 amide bonds. The van der Waals surface area contributed by atoms with E-state index in [0.29, 0.717) is 19.4 Å². The Hall–Kier alpha value is -1.89. The molecular weight excluding hydrogens is 378 g/mol. The number of carboxylic acids is 1. The molecule has 9 N–H and O–H groups in total. The van der Waals surface area contributed by atoms with E-state index in [-0.39, 0.29) is 12.2 Å². The summed E-state index contributed by atoms with van der Waals surface area (Å²) in [6, 6.07) is -4.40. The van der Waals surface area contributed by atoms with E-state index < -0.39 is 54.5 Å². The van der Waals surface area contributed by atoms with Crippen molar-refractivity contribution >= 4 is 36.3 Å². The first kappa shape index (κ1) is 25.1. The van der Waals surface area contributed by atoms with E-state index in [1.165, 1.54) is 6.92 Å². The number of unbranched alkanes of at least 4 members (excludes halogenated alkanes) is 1. The van der Waals surface area contributed by atoms with Gasteiger partial charge in [0.15, 0.2) is 0 Å². The molecule has 4 atom stereocenters. The summed E-state index contributed by atoms with van der Waals surface area (Å²) in [6.07, 6.45) is 1.38. The first-order valence-electron chi connectivity index (χ1n) is 8.49. The SMILES string of the molecule is CC(NC(=O)C(CS)NC(=O)C(N)CO)C(=O)NC(CCCCN)C(=O)O. The summed E-state index contributed by atoms with van der Waals surface area (Å²) in [4.78, 5) is 47.2. The van der Waals surface area contributed by atoms with Crippen molar-refractivity contribution in [2.24, 2.45) is 11.5 Å². The van der Waals surface area contributed by atoms with Gasteiger partial charge in [0.1, 0.15) is 24.2 Å². The third kappa shape index (κ3) is 9.56. The lowest BCUT2D eigenvalue weighted by molar-refractivity contribution is -0.142. The summed E-state index contributed by atoms with van der Waals surface area (Å²) in [6.45, 7) is 1.21. The van der Waals surface area contributed by atoms with Gasteiger partial charge >= 0.3 is 5.97 Å². The van der Waals surface area contributed by atoms with Gasteiger partial charge in [0.05, 0.1) is 6.61 Å². The molecular formula is C15H29N5O6S. The van der Waals surface area contributed by atoms with Gasteiger partial charge in [0.2, 0.25) is 17.7 Å². The largest absolute Gasteiger partial charge is 0.480 e. The molecule has 0 aliphatic carbocycles. The number of amides is 3. The van der Waals surface area contributed by atoms with Crippen molar-refractivity contribution in [3.8, 4) is 0 Å². The van der Waals surface area contributed by atoms with Crippen molar-refractivity contribution < 1.29 is 29.4 Å². The molecule has 0 saturated carbocycles. The molecule has 0 bridgehead atoms. The highest BCUT2D eigenvalue weighted by Crippen LogP contribution is 2.02. The van der Waals surface area contributed by atoms with Crippen molar-refractivity contribution in [1.29, 1.82) is 0 Å². The van der Waals surface area contributed by atoms with Gasteiger partial charge in [-0.1, -0.05) is 0 Å². The number of aliphatic hydroxyl groups is 1. The summed E-state index contributed by atoms with van der Waals surface area (Å²) >= 11 is 3.96. The number of carbonyl (C=O) groups is 4. The van der Waals surface area contributed by atoms with E-state index in [1.807, 2.05) is 0 Å². The summed E-state index contributed by atoms with van der Waals surface area (Å²) in [7, 11) is 0. The van der Waals surface area contributed by atoms with Crippen LogP contribution >= 0.6 is 12.6 Å². The van der Waals surface area contributed by atoms with Crippen LogP contribution in [0.5, 0.6) is 0 Å². The van der Waals surface area contributed by atoms with Crippen LogP contribution in [0.2, 0.25) is 0 Å². The number of thiol groups is 1. The van der Waals surface area contributed by atoms with E-state index in [0.717, 1.165) is 0 Å². The lowest BCUT2D eigenvalue weighted by Gasteiger charge is -2.22. The highest BCUT2D eigenvalue weighted by atomic mass is 32.1. The normalized spacial score (nSPS) is 15.1. The third-order valence-corrected chi connectivity index (χ3v) is 4.03. The van der Waals surface area contributed by atoms with Gasteiger partial charge in [-0.3, -0.25) is 14.4 Å². The molecule has 156 valence electrons. The summed E-state index contributed by atoms with van der Waals surface area (Å²) in [5.41, 5.74) is 10.7. The average Bonchev–Trinajstić information content (AvgIpc) is 2.63. The van der Waals surface area contributed by atoms with Crippen molar-refractivity contribution in [3.05, 3.63) is 0 Å². The zero-order valence-corrected chi connectivity index (χ0v) is 16.1. The van der Waals surface area contributed by atoms with E-state index in [4.69, 9.17) is 21.7 Å². The molecule has 0 aromatic carbocycles. The van der Waals surface area contributed by atoms with Gasteiger partial charge in [-0.15, -0.1) is 0 Å². The first-order chi connectivity index (χ1) is 12.7. The Morgan fingerprint density at radius 3 is 2.07 bits per heavy atom. The lowest BCUT2D eigenvalue weighted by atomic mass is 10.1. The Bertz CT molecular complexity index is 521. The standard InChI is InChI=1S/C15H29N5O6S/c1-8(12(22)19-10(15(25)26)4-2-3-5-16)18-14(24)11(7-27)20-13(23)9(17)6-21/h8-11,21,27H,2-7,16-17H2,1H3,(H,18,24)(H,19,22)(H,20,23)(H,25,26). The van der Waals surface area contributed by atoms with Crippen LogP contribution in [0.1, 0.15) is 26.2 Å². The minimum atomic E-state index is -1.19. The maximum Gasteiger partial charge on any atom is 0.326 e. The summed E-state index contributed by atoms with van der Waals surface area (Å²) < 4.78 is 0. The molecule has 0 aliphatic rings. The molecule has 0 radical (unpaired) electrons. The number of hydrogen-bond donors (Lipinski definition) is 8. The summed E-state index contributed by atoms with van der Waals surface area (Å²) in [5, 5.41) is 25.0. The Labute approximate surface area is 163 Å². The van der Waals surface area contributed by atoms with Crippen LogP contribution in [-0.4, -0.2) is 77.0 Å². The summed E-state index contributed by atoms with van der Waals surface area (Å²) in [5.74, 6) is -3.37. The van der Waals surface area contributed by atoms with Crippen LogP contribution in [0.3, 0.4) is 0 Å². The van der Waals surface area contributed by atoms with Crippen molar-refractivity contribution in [3.63, 3.8) is 0 Å². The van der Waals surface area contributed by atoms with E-state index in [9.17, 15) is 19.2 Å². The van der Waals surface area contributed by atoms with Crippen LogP contribution in [-0.2, 0) is 19.2 Å². The topological polar surface area (TPSA) is 197 Å². The molecule has 12 heteroatoms. The van der Waals surface area contributed by atoms with Gasteiger partial charge in [-0.05, 0) is 32.7 Å². The smallest absolute Gasteiger partial charge is 0.326 e. The molecule has 0 aromatic rings. The second kappa shape index (κ2) is 13.3. The number of rotatable bonds is 13. The number of hydrogen-bond acceptors (Lipinski definition) is 8. The van der Waals surface area contributed by atoms with E-state index >= 15 is 0 Å². The molecule has 0 fully saturated rings. The van der Waals surface area contributed by atoms with Crippen molar-refractivity contribution in [1.82, 2.24) is 16.0 Å². The van der Waals surface area contributed by atoms with Gasteiger partial charge in [0.25, 0.3) is 0 Å². The molecule has 4 unspecified atom stereocenters. The van der Waals surface area contributed by atoms with Gasteiger partial charge in [-0.25, -0.2) is 4.79 Å². The van der Waals surface area contributed by atoms with Crippen LogP contribution in [0.4, 0.5) is 0 Å². The number of carbonyl (C=O) groups excluding carboxylic acids is 3. The molecule has 0 aromatic heterocycles. The van der Waals surface area contributed by atoms with Crippen LogP contribution in [0.25, 0.3) is 0 Å². The zero-order valence-electron chi connectivity index (χ0n) is 15.2. The van der Waals surface area contributed by atoms with Crippen LogP contribution in [0, 0.1) is 0 Å². The van der Waals surface area contributed by atoms with Gasteiger partial charge < -0.3 is 37.6 Å². The van der Waals surface area contributed by atoms with E-state index in [1.54, 1.807) is 0 Å². The fourth-order valence-corrected chi connectivity index (χ4v) is 2.24. The maximum atomic E-state index is 12.2. The Balaban J connectivity index is 4.70. The lowest BCUT2D eigenvalue weighted by Crippen LogP contribution is -2.57. The predicted molar refractivity (Wildman–Crippen MR) is 101 cm³/mol. The zero-order chi connectivity index (χ0) is 21.0. The predicted octanol–water partition coefficient (Wildman–Crippen LogP) is -3.08. The quantitative estimate of drug-likeness (QED) is 0.116. The number of aliphatic carboxylic acids is 1. The monoisotopic (exact) mass is 407 g/mol. The number of nitrogens with two attached hydrogens (primary N) is 2. The van der Waals surface area contributed by atoms with Gasteiger partial charge in [0, 0.05) is 5.75 Å². The Morgan fingerprint density at radius 1 is 1.00 bits per heavy atom. The fraction of sp³-hybridized carbons (Fsp3) is 0.733. The molecule has 0 heterocycles. The molecule has 11 nitrogen and oxygen atoms in total. The van der Waals surface area contributed by atoms with Crippen molar-refractivity contribution in [2.75, 3.05) is 18.9 Å². The second-order valence-electron chi connectivity index (χ2n) is 5.95. The first-order valence-corrected chi connectivity index (χ1v) is 9.12. The molecule has 0 spiro atoms. The third-order valence-electron chi connectivity index (χ3n) is 3.66. The minimum absolute atomic E-state index is 0.0686. The fourth-order valence-electron chi connectivity index (χ4n) is 1.98. The van der Waals surface area contributed by atoms with Gasteiger partial charge in [-0.2, -0.15) is 12.6 Å². The number of carboxylic acid groups (broad SMARTS) is 1. The number of nitrogens with one attached hydrogen (secondary N) is 3. The number of aliphatic hydroxyl groups excluding tert-OH is 1. The molecule has 27 heavy (non-hydrogen) atoms. The second-order valence-corrected chi connectivity index (χ2v) is 6.31. The highest BCUT2D eigenvalue weighted by Gasteiger charge is 2.27. The minimum Gasteiger partial charge on any atom is -0.480 e. The van der Waals surface area contributed by atoms with Crippen LogP contribution < -0.4 is 27.4 Å². The van der Waals surface area contributed by atoms with Crippen molar-refractivity contribution in [2.45, 2.75) is 50.4 Å². The Kier molecular flexibility index (Phi) is 12.4. The van der Waals surface area contributed by atoms with E-state index in [2.05, 4.69) is 28.6 Å². The maximum absolute atomic E-state index is 12.2. The van der Waals surface area contributed by atoms with Crippen LogP contribution in [0.15, 0.2) is 0 Å². The molecule has 0 saturated heterocycles.